The predicted octanol–water partition coefficient (Wildman–Crippen LogP) is 4.21. The maximum absolute atomic E-state index is 12.9. The van der Waals surface area contributed by atoms with Crippen LogP contribution in [0.1, 0.15) is 11.1 Å². The van der Waals surface area contributed by atoms with E-state index in [1.807, 2.05) is 54.2 Å². The van der Waals surface area contributed by atoms with Crippen LogP contribution in [-0.4, -0.2) is 65.9 Å². The van der Waals surface area contributed by atoms with E-state index in [1.54, 1.807) is 12.4 Å². The van der Waals surface area contributed by atoms with E-state index < -0.39 is 0 Å². The van der Waals surface area contributed by atoms with Gasteiger partial charge in [-0.2, -0.15) is 9.78 Å². The third-order valence-electron chi connectivity index (χ3n) is 6.70. The van der Waals surface area contributed by atoms with E-state index in [1.165, 1.54) is 4.68 Å². The first-order valence-corrected chi connectivity index (χ1v) is 12.0. The summed E-state index contributed by atoms with van der Waals surface area (Å²) in [5.41, 5.74) is 3.20. The number of hydrogen-bond acceptors (Lipinski definition) is 5. The number of anilines is 1. The minimum atomic E-state index is -0.0379. The van der Waals surface area contributed by atoms with E-state index in [4.69, 9.17) is 16.3 Å². The van der Waals surface area contributed by atoms with Crippen molar-refractivity contribution in [3.8, 4) is 5.75 Å². The van der Waals surface area contributed by atoms with Gasteiger partial charge in [-0.3, -0.25) is 4.90 Å². The minimum absolute atomic E-state index is 0.0379. The number of likely N-dealkylation sites (tertiary alicyclic amines) is 2. The molecule has 1 aromatic heterocycles. The molecule has 3 heterocycles. The molecule has 3 aromatic rings. The van der Waals surface area contributed by atoms with Crippen LogP contribution in [0, 0.1) is 11.8 Å². The van der Waals surface area contributed by atoms with Crippen molar-refractivity contribution in [1.82, 2.24) is 19.6 Å². The quantitative estimate of drug-likeness (QED) is 0.530. The molecule has 0 aliphatic carbocycles. The SMILES string of the molecule is CN(C)c1cnn(C(=O)N2CC3CN(Cc4cc(Cl)cc(OCc5ccccc5)c4)CC3C2)c1. The van der Waals surface area contributed by atoms with Crippen molar-refractivity contribution in [2.45, 2.75) is 13.2 Å². The molecule has 8 heteroatoms. The molecule has 7 nitrogen and oxygen atoms in total. The topological polar surface area (TPSA) is 53.8 Å². The number of benzene rings is 2. The highest BCUT2D eigenvalue weighted by Gasteiger charge is 2.42. The normalized spacial score (nSPS) is 19.9. The molecular formula is C26H30ClN5O2. The van der Waals surface area contributed by atoms with Gasteiger partial charge in [0.15, 0.2) is 0 Å². The van der Waals surface area contributed by atoms with Crippen molar-refractivity contribution in [1.29, 1.82) is 0 Å². The van der Waals surface area contributed by atoms with E-state index in [2.05, 4.69) is 28.2 Å². The van der Waals surface area contributed by atoms with E-state index in [-0.39, 0.29) is 6.03 Å². The number of carbonyl (C=O) groups is 1. The fourth-order valence-corrected chi connectivity index (χ4v) is 5.21. The summed E-state index contributed by atoms with van der Waals surface area (Å²) in [6, 6.07) is 16.1. The fourth-order valence-electron chi connectivity index (χ4n) is 4.96. The molecule has 0 spiro atoms. The summed E-state index contributed by atoms with van der Waals surface area (Å²) >= 11 is 6.39. The molecule has 0 bridgehead atoms. The summed E-state index contributed by atoms with van der Waals surface area (Å²) < 4.78 is 7.45. The molecule has 178 valence electrons. The molecule has 2 fully saturated rings. The maximum Gasteiger partial charge on any atom is 0.344 e. The number of carbonyl (C=O) groups excluding carboxylic acids is 1. The van der Waals surface area contributed by atoms with Gasteiger partial charge in [0.25, 0.3) is 0 Å². The lowest BCUT2D eigenvalue weighted by Crippen LogP contribution is -2.36. The van der Waals surface area contributed by atoms with Crippen molar-refractivity contribution >= 4 is 23.3 Å². The van der Waals surface area contributed by atoms with Crippen LogP contribution >= 0.6 is 11.6 Å². The molecule has 2 aliphatic rings. The Labute approximate surface area is 205 Å². The van der Waals surface area contributed by atoms with Gasteiger partial charge < -0.3 is 14.5 Å². The van der Waals surface area contributed by atoms with Gasteiger partial charge in [0.05, 0.1) is 18.1 Å². The van der Waals surface area contributed by atoms with Crippen LogP contribution in [0.5, 0.6) is 5.75 Å². The molecule has 0 radical (unpaired) electrons. The highest BCUT2D eigenvalue weighted by Crippen LogP contribution is 2.33. The third-order valence-corrected chi connectivity index (χ3v) is 6.92. The van der Waals surface area contributed by atoms with Crippen LogP contribution in [0.2, 0.25) is 5.02 Å². The second kappa shape index (κ2) is 9.68. The van der Waals surface area contributed by atoms with E-state index in [0.717, 1.165) is 55.3 Å². The molecule has 2 aliphatic heterocycles. The summed E-state index contributed by atoms with van der Waals surface area (Å²) in [6.45, 7) is 4.85. The van der Waals surface area contributed by atoms with Gasteiger partial charge in [0.1, 0.15) is 12.4 Å². The molecule has 2 unspecified atom stereocenters. The Morgan fingerprint density at radius 2 is 1.79 bits per heavy atom. The molecular weight excluding hydrogens is 450 g/mol. The molecule has 2 atom stereocenters. The first-order chi connectivity index (χ1) is 16.4. The lowest BCUT2D eigenvalue weighted by atomic mass is 10.0. The summed E-state index contributed by atoms with van der Waals surface area (Å²) in [4.78, 5) is 19.2. The Bertz CT molecular complexity index is 1140. The number of ether oxygens (including phenoxy) is 1. The van der Waals surface area contributed by atoms with Gasteiger partial charge in [-0.05, 0) is 41.2 Å². The number of rotatable bonds is 6. The van der Waals surface area contributed by atoms with E-state index in [0.29, 0.717) is 23.5 Å². The first kappa shape index (κ1) is 22.7. The van der Waals surface area contributed by atoms with Crippen LogP contribution in [-0.2, 0) is 13.2 Å². The summed E-state index contributed by atoms with van der Waals surface area (Å²) in [6.07, 6.45) is 3.51. The van der Waals surface area contributed by atoms with Crippen LogP contribution in [0.15, 0.2) is 60.9 Å². The van der Waals surface area contributed by atoms with Gasteiger partial charge in [0.2, 0.25) is 0 Å². The van der Waals surface area contributed by atoms with Crippen LogP contribution in [0.3, 0.4) is 0 Å². The fraction of sp³-hybridized carbons (Fsp3) is 0.385. The zero-order valence-electron chi connectivity index (χ0n) is 19.6. The number of halogens is 1. The Morgan fingerprint density at radius 3 is 2.47 bits per heavy atom. The zero-order valence-corrected chi connectivity index (χ0v) is 20.4. The number of aromatic nitrogens is 2. The van der Waals surface area contributed by atoms with Crippen molar-refractivity contribution in [2.24, 2.45) is 11.8 Å². The predicted molar refractivity (Wildman–Crippen MR) is 133 cm³/mol. The Balaban J connectivity index is 1.16. The van der Waals surface area contributed by atoms with Crippen LogP contribution < -0.4 is 9.64 Å². The third kappa shape index (κ3) is 5.05. The average molecular weight is 480 g/mol. The van der Waals surface area contributed by atoms with Crippen molar-refractivity contribution in [2.75, 3.05) is 45.2 Å². The van der Waals surface area contributed by atoms with Gasteiger partial charge in [-0.25, -0.2) is 4.79 Å². The smallest absolute Gasteiger partial charge is 0.344 e. The van der Waals surface area contributed by atoms with Gasteiger partial charge >= 0.3 is 6.03 Å². The minimum Gasteiger partial charge on any atom is -0.489 e. The van der Waals surface area contributed by atoms with Crippen molar-refractivity contribution in [3.05, 3.63) is 77.1 Å². The highest BCUT2D eigenvalue weighted by atomic mass is 35.5. The number of hydrogen-bond donors (Lipinski definition) is 0. The second-order valence-corrected chi connectivity index (χ2v) is 9.95. The molecule has 2 saturated heterocycles. The van der Waals surface area contributed by atoms with E-state index >= 15 is 0 Å². The van der Waals surface area contributed by atoms with Crippen molar-refractivity contribution < 1.29 is 9.53 Å². The van der Waals surface area contributed by atoms with E-state index in [9.17, 15) is 4.79 Å². The Kier molecular flexibility index (Phi) is 6.48. The summed E-state index contributed by atoms with van der Waals surface area (Å²) in [5.74, 6) is 1.76. The van der Waals surface area contributed by atoms with Gasteiger partial charge in [0, 0.05) is 51.8 Å². The van der Waals surface area contributed by atoms with Crippen molar-refractivity contribution in [3.63, 3.8) is 0 Å². The Morgan fingerprint density at radius 1 is 1.06 bits per heavy atom. The molecule has 1 amide bonds. The summed E-state index contributed by atoms with van der Waals surface area (Å²) in [5, 5.41) is 4.93. The van der Waals surface area contributed by atoms with Gasteiger partial charge in [-0.1, -0.05) is 41.9 Å². The molecule has 0 N–H and O–H groups in total. The highest BCUT2D eigenvalue weighted by molar-refractivity contribution is 6.30. The number of amides is 1. The number of nitrogens with zero attached hydrogens (tertiary/aromatic N) is 5. The summed E-state index contributed by atoms with van der Waals surface area (Å²) in [7, 11) is 3.89. The Hall–Kier alpha value is -3.03. The average Bonchev–Trinajstić information content (AvgIpc) is 3.53. The molecule has 5 rings (SSSR count). The lowest BCUT2D eigenvalue weighted by molar-refractivity contribution is 0.197. The van der Waals surface area contributed by atoms with Crippen LogP contribution in [0.4, 0.5) is 10.5 Å². The molecule has 2 aromatic carbocycles. The van der Waals surface area contributed by atoms with Crippen LogP contribution in [0.25, 0.3) is 0 Å². The monoisotopic (exact) mass is 479 g/mol. The van der Waals surface area contributed by atoms with Gasteiger partial charge in [-0.15, -0.1) is 0 Å². The lowest BCUT2D eigenvalue weighted by Gasteiger charge is -2.22. The second-order valence-electron chi connectivity index (χ2n) is 9.51. The molecule has 0 saturated carbocycles. The molecule has 34 heavy (non-hydrogen) atoms. The zero-order chi connectivity index (χ0) is 23.7. The number of fused-ring (bicyclic) bond motifs is 1. The standard InChI is InChI=1S/C26H30ClN5O2/c1-29(2)24-11-28-32(17-24)26(33)31-15-21-13-30(14-22(21)16-31)12-20-8-23(27)10-25(9-20)34-18-19-6-4-3-5-7-19/h3-11,17,21-22H,12-16,18H2,1-2H3. The largest absolute Gasteiger partial charge is 0.489 e. The first-order valence-electron chi connectivity index (χ1n) is 11.6. The maximum atomic E-state index is 12.9.